The molecule has 4 nitrogen and oxygen atoms in total. The average Bonchev–Trinajstić information content (AvgIpc) is 2.46. The highest BCUT2D eigenvalue weighted by Gasteiger charge is 2.25. The van der Waals surface area contributed by atoms with Crippen LogP contribution >= 0.6 is 0 Å². The van der Waals surface area contributed by atoms with E-state index in [9.17, 15) is 5.11 Å². The molecule has 1 atom stereocenters. The normalized spacial score (nSPS) is 21.5. The van der Waals surface area contributed by atoms with E-state index < -0.39 is 0 Å². The van der Waals surface area contributed by atoms with Gasteiger partial charge in [-0.25, -0.2) is 0 Å². The molecule has 0 radical (unpaired) electrons. The standard InChI is InChI=1S/C15H32N2O2/c1-4-15(13-18,16-3)9-6-10-17-11-7-14(8-12-17)19-5-2/h14,16,18H,4-13H2,1-3H3. The topological polar surface area (TPSA) is 44.7 Å². The average molecular weight is 272 g/mol. The number of aliphatic hydroxyl groups excluding tert-OH is 1. The van der Waals surface area contributed by atoms with Crippen molar-refractivity contribution in [2.45, 2.75) is 57.6 Å². The first-order valence-corrected chi connectivity index (χ1v) is 7.83. The van der Waals surface area contributed by atoms with E-state index in [0.717, 1.165) is 45.5 Å². The van der Waals surface area contributed by atoms with Crippen LogP contribution in [0.5, 0.6) is 0 Å². The molecule has 0 aromatic carbocycles. The fourth-order valence-electron chi connectivity index (χ4n) is 2.92. The maximum Gasteiger partial charge on any atom is 0.0613 e. The Kier molecular flexibility index (Phi) is 7.91. The zero-order valence-electron chi connectivity index (χ0n) is 13.0. The number of ether oxygens (including phenoxy) is 1. The molecular weight excluding hydrogens is 240 g/mol. The highest BCUT2D eigenvalue weighted by Crippen LogP contribution is 2.18. The van der Waals surface area contributed by atoms with Gasteiger partial charge in [0.15, 0.2) is 0 Å². The third kappa shape index (κ3) is 5.38. The van der Waals surface area contributed by atoms with Crippen LogP contribution in [0.4, 0.5) is 0 Å². The zero-order chi connectivity index (χ0) is 14.1. The minimum absolute atomic E-state index is 0.0797. The molecule has 2 N–H and O–H groups in total. The number of hydrogen-bond donors (Lipinski definition) is 2. The summed E-state index contributed by atoms with van der Waals surface area (Å²) in [4.78, 5) is 2.53. The van der Waals surface area contributed by atoms with Crippen LogP contribution in [0, 0.1) is 0 Å². The Hall–Kier alpha value is -0.160. The van der Waals surface area contributed by atoms with Gasteiger partial charge < -0.3 is 20.1 Å². The largest absolute Gasteiger partial charge is 0.394 e. The molecular formula is C15H32N2O2. The lowest BCUT2D eigenvalue weighted by Crippen LogP contribution is -2.46. The molecule has 1 aliphatic heterocycles. The minimum atomic E-state index is -0.0797. The molecule has 0 spiro atoms. The molecule has 114 valence electrons. The van der Waals surface area contributed by atoms with Gasteiger partial charge >= 0.3 is 0 Å². The number of piperidine rings is 1. The van der Waals surface area contributed by atoms with Crippen molar-refractivity contribution in [2.75, 3.05) is 39.9 Å². The van der Waals surface area contributed by atoms with Crippen LogP contribution < -0.4 is 5.32 Å². The molecule has 19 heavy (non-hydrogen) atoms. The first-order chi connectivity index (χ1) is 9.19. The molecule has 0 aliphatic carbocycles. The second kappa shape index (κ2) is 8.90. The van der Waals surface area contributed by atoms with Gasteiger partial charge in [-0.3, -0.25) is 0 Å². The number of aliphatic hydroxyl groups is 1. The van der Waals surface area contributed by atoms with E-state index in [2.05, 4.69) is 24.1 Å². The summed E-state index contributed by atoms with van der Waals surface area (Å²) in [6.07, 6.45) is 5.98. The van der Waals surface area contributed by atoms with Crippen molar-refractivity contribution < 1.29 is 9.84 Å². The Morgan fingerprint density at radius 2 is 2.00 bits per heavy atom. The SMILES string of the molecule is CCOC1CCN(CCCC(CC)(CO)NC)CC1. The highest BCUT2D eigenvalue weighted by atomic mass is 16.5. The first-order valence-electron chi connectivity index (χ1n) is 7.83. The fraction of sp³-hybridized carbons (Fsp3) is 1.00. The van der Waals surface area contributed by atoms with E-state index >= 15 is 0 Å². The number of nitrogens with one attached hydrogen (secondary N) is 1. The van der Waals surface area contributed by atoms with Crippen molar-refractivity contribution in [3.8, 4) is 0 Å². The fourth-order valence-corrected chi connectivity index (χ4v) is 2.92. The monoisotopic (exact) mass is 272 g/mol. The third-order valence-corrected chi connectivity index (χ3v) is 4.58. The summed E-state index contributed by atoms with van der Waals surface area (Å²) in [5.41, 5.74) is -0.0797. The predicted molar refractivity (Wildman–Crippen MR) is 79.5 cm³/mol. The van der Waals surface area contributed by atoms with Crippen molar-refractivity contribution in [2.24, 2.45) is 0 Å². The molecule has 0 aromatic rings. The molecule has 1 fully saturated rings. The van der Waals surface area contributed by atoms with E-state index in [1.54, 1.807) is 0 Å². The lowest BCUT2D eigenvalue weighted by Gasteiger charge is -2.34. The Morgan fingerprint density at radius 1 is 1.32 bits per heavy atom. The van der Waals surface area contributed by atoms with Crippen molar-refractivity contribution in [3.05, 3.63) is 0 Å². The number of hydrogen-bond acceptors (Lipinski definition) is 4. The second-order valence-corrected chi connectivity index (χ2v) is 5.64. The van der Waals surface area contributed by atoms with E-state index in [1.807, 2.05) is 7.05 Å². The molecule has 0 saturated carbocycles. The molecule has 0 aromatic heterocycles. The smallest absolute Gasteiger partial charge is 0.0613 e. The molecule has 1 saturated heterocycles. The Morgan fingerprint density at radius 3 is 2.47 bits per heavy atom. The molecule has 1 unspecified atom stereocenters. The van der Waals surface area contributed by atoms with E-state index in [1.165, 1.54) is 12.8 Å². The van der Waals surface area contributed by atoms with Crippen LogP contribution in [-0.4, -0.2) is 61.5 Å². The third-order valence-electron chi connectivity index (χ3n) is 4.58. The summed E-state index contributed by atoms with van der Waals surface area (Å²) in [5, 5.41) is 12.8. The molecule has 0 bridgehead atoms. The van der Waals surface area contributed by atoms with Gasteiger partial charge in [0.25, 0.3) is 0 Å². The Labute approximate surface area is 118 Å². The van der Waals surface area contributed by atoms with Crippen LogP contribution in [0.1, 0.15) is 46.0 Å². The Balaban J connectivity index is 2.20. The lowest BCUT2D eigenvalue weighted by atomic mass is 9.91. The van der Waals surface area contributed by atoms with Gasteiger partial charge in [0.1, 0.15) is 0 Å². The van der Waals surface area contributed by atoms with Crippen molar-refractivity contribution >= 4 is 0 Å². The molecule has 1 heterocycles. The predicted octanol–water partition coefficient (Wildman–Crippen LogP) is 1.63. The van der Waals surface area contributed by atoms with Gasteiger partial charge in [0.2, 0.25) is 0 Å². The Bertz CT molecular complexity index is 216. The van der Waals surface area contributed by atoms with Crippen molar-refractivity contribution in [1.29, 1.82) is 0 Å². The van der Waals surface area contributed by atoms with Gasteiger partial charge in [-0.2, -0.15) is 0 Å². The van der Waals surface area contributed by atoms with Crippen LogP contribution in [-0.2, 0) is 4.74 Å². The number of rotatable bonds is 9. The number of likely N-dealkylation sites (tertiary alicyclic amines) is 1. The first kappa shape index (κ1) is 16.9. The van der Waals surface area contributed by atoms with Crippen LogP contribution in [0.2, 0.25) is 0 Å². The van der Waals surface area contributed by atoms with E-state index in [-0.39, 0.29) is 12.1 Å². The van der Waals surface area contributed by atoms with Gasteiger partial charge in [-0.15, -0.1) is 0 Å². The molecule has 1 rings (SSSR count). The molecule has 0 amide bonds. The lowest BCUT2D eigenvalue weighted by molar-refractivity contribution is 0.0133. The molecule has 4 heteroatoms. The summed E-state index contributed by atoms with van der Waals surface area (Å²) in [6, 6.07) is 0. The van der Waals surface area contributed by atoms with E-state index in [4.69, 9.17) is 4.74 Å². The van der Waals surface area contributed by atoms with Gasteiger partial charge in [-0.05, 0) is 52.6 Å². The maximum absolute atomic E-state index is 9.51. The van der Waals surface area contributed by atoms with Crippen LogP contribution in [0.15, 0.2) is 0 Å². The van der Waals surface area contributed by atoms with E-state index in [0.29, 0.717) is 6.10 Å². The summed E-state index contributed by atoms with van der Waals surface area (Å²) in [6.45, 7) is 8.73. The number of nitrogens with zero attached hydrogens (tertiary/aromatic N) is 1. The highest BCUT2D eigenvalue weighted by molar-refractivity contribution is 4.85. The minimum Gasteiger partial charge on any atom is -0.394 e. The quantitative estimate of drug-likeness (QED) is 0.669. The summed E-state index contributed by atoms with van der Waals surface area (Å²) in [7, 11) is 1.95. The van der Waals surface area contributed by atoms with Gasteiger partial charge in [0, 0.05) is 25.2 Å². The van der Waals surface area contributed by atoms with Gasteiger partial charge in [0.05, 0.1) is 12.7 Å². The second-order valence-electron chi connectivity index (χ2n) is 5.64. The van der Waals surface area contributed by atoms with Crippen LogP contribution in [0.25, 0.3) is 0 Å². The summed E-state index contributed by atoms with van der Waals surface area (Å²) in [5.74, 6) is 0. The maximum atomic E-state index is 9.51. The number of likely N-dealkylation sites (N-methyl/N-ethyl adjacent to an activating group) is 1. The summed E-state index contributed by atoms with van der Waals surface area (Å²) < 4.78 is 5.67. The van der Waals surface area contributed by atoms with Crippen molar-refractivity contribution in [3.63, 3.8) is 0 Å². The summed E-state index contributed by atoms with van der Waals surface area (Å²) >= 11 is 0. The van der Waals surface area contributed by atoms with Gasteiger partial charge in [-0.1, -0.05) is 6.92 Å². The van der Waals surface area contributed by atoms with Crippen LogP contribution in [0.3, 0.4) is 0 Å². The van der Waals surface area contributed by atoms with Crippen molar-refractivity contribution in [1.82, 2.24) is 10.2 Å². The molecule has 1 aliphatic rings. The zero-order valence-corrected chi connectivity index (χ0v) is 13.0.